The molecule has 0 saturated carbocycles. The first-order valence-electron chi connectivity index (χ1n) is 9.13. The van der Waals surface area contributed by atoms with E-state index in [-0.39, 0.29) is 18.2 Å². The molecule has 7 heteroatoms. The van der Waals surface area contributed by atoms with Gasteiger partial charge >= 0.3 is 5.97 Å². The molecule has 0 aliphatic heterocycles. The molecule has 2 amide bonds. The van der Waals surface area contributed by atoms with Gasteiger partial charge in [0.05, 0.1) is 6.54 Å². The van der Waals surface area contributed by atoms with E-state index in [1.54, 1.807) is 24.3 Å². The van der Waals surface area contributed by atoms with Gasteiger partial charge in [0.15, 0.2) is 6.61 Å². The quantitative estimate of drug-likeness (QED) is 0.626. The Bertz CT molecular complexity index is 1030. The van der Waals surface area contributed by atoms with Gasteiger partial charge in [0.1, 0.15) is 5.58 Å². The molecule has 0 spiro atoms. The summed E-state index contributed by atoms with van der Waals surface area (Å²) in [5.41, 5.74) is 4.29. The molecule has 0 unspecified atom stereocenters. The molecule has 3 aromatic rings. The predicted molar refractivity (Wildman–Crippen MR) is 109 cm³/mol. The SMILES string of the molecule is Cc1cc(C)c(NC(=O)CNC(=O)COC(=O)c2cc3ccccc3o2)c(C)c1. The van der Waals surface area contributed by atoms with Gasteiger partial charge in [-0.25, -0.2) is 4.79 Å². The second kappa shape index (κ2) is 8.60. The summed E-state index contributed by atoms with van der Waals surface area (Å²) < 4.78 is 10.3. The van der Waals surface area contributed by atoms with Crippen LogP contribution in [0.2, 0.25) is 0 Å². The molecule has 0 saturated heterocycles. The summed E-state index contributed by atoms with van der Waals surface area (Å²) in [5, 5.41) is 5.98. The third-order valence-corrected chi connectivity index (χ3v) is 4.35. The van der Waals surface area contributed by atoms with E-state index in [2.05, 4.69) is 10.6 Å². The summed E-state index contributed by atoms with van der Waals surface area (Å²) >= 11 is 0. The molecule has 1 aromatic heterocycles. The summed E-state index contributed by atoms with van der Waals surface area (Å²) in [6.07, 6.45) is 0. The van der Waals surface area contributed by atoms with Gasteiger partial charge in [-0.1, -0.05) is 35.9 Å². The van der Waals surface area contributed by atoms with Crippen LogP contribution in [0.15, 0.2) is 46.9 Å². The van der Waals surface area contributed by atoms with Crippen molar-refractivity contribution < 1.29 is 23.5 Å². The van der Waals surface area contributed by atoms with Crippen molar-refractivity contribution in [2.45, 2.75) is 20.8 Å². The number of para-hydroxylation sites is 1. The van der Waals surface area contributed by atoms with Crippen LogP contribution in [-0.4, -0.2) is 30.9 Å². The number of anilines is 1. The van der Waals surface area contributed by atoms with Crippen molar-refractivity contribution in [1.29, 1.82) is 0 Å². The lowest BCUT2D eigenvalue weighted by atomic mass is 10.1. The molecule has 0 fully saturated rings. The van der Waals surface area contributed by atoms with Crippen molar-refractivity contribution in [2.24, 2.45) is 0 Å². The zero-order valence-corrected chi connectivity index (χ0v) is 16.5. The lowest BCUT2D eigenvalue weighted by molar-refractivity contribution is -0.126. The normalized spacial score (nSPS) is 10.6. The Morgan fingerprint density at radius 3 is 2.34 bits per heavy atom. The molecule has 29 heavy (non-hydrogen) atoms. The van der Waals surface area contributed by atoms with Gasteiger partial charge in [-0.15, -0.1) is 0 Å². The van der Waals surface area contributed by atoms with Gasteiger partial charge in [0.25, 0.3) is 5.91 Å². The summed E-state index contributed by atoms with van der Waals surface area (Å²) in [6, 6.07) is 12.6. The molecule has 1 heterocycles. The number of rotatable bonds is 6. The highest BCUT2D eigenvalue weighted by Crippen LogP contribution is 2.22. The number of carbonyl (C=O) groups excluding carboxylic acids is 3. The highest BCUT2D eigenvalue weighted by atomic mass is 16.5. The number of ether oxygens (including phenoxy) is 1. The second-order valence-corrected chi connectivity index (χ2v) is 6.82. The number of nitrogens with one attached hydrogen (secondary N) is 2. The molecule has 0 aliphatic rings. The Balaban J connectivity index is 1.47. The van der Waals surface area contributed by atoms with E-state index in [0.717, 1.165) is 27.8 Å². The molecule has 2 N–H and O–H groups in total. The fourth-order valence-corrected chi connectivity index (χ4v) is 3.08. The Kier molecular flexibility index (Phi) is 5.97. The Labute approximate surface area is 168 Å². The lowest BCUT2D eigenvalue weighted by Crippen LogP contribution is -2.35. The minimum absolute atomic E-state index is 0.0158. The molecule has 7 nitrogen and oxygen atoms in total. The van der Waals surface area contributed by atoms with Crippen LogP contribution in [0, 0.1) is 20.8 Å². The zero-order chi connectivity index (χ0) is 21.0. The van der Waals surface area contributed by atoms with E-state index in [1.807, 2.05) is 39.0 Å². The summed E-state index contributed by atoms with van der Waals surface area (Å²) in [4.78, 5) is 36.0. The first-order chi connectivity index (χ1) is 13.8. The van der Waals surface area contributed by atoms with E-state index in [9.17, 15) is 14.4 Å². The van der Waals surface area contributed by atoms with Crippen molar-refractivity contribution in [1.82, 2.24) is 5.32 Å². The molecule has 0 bridgehead atoms. The Hall–Kier alpha value is -3.61. The maximum absolute atomic E-state index is 12.1. The van der Waals surface area contributed by atoms with Crippen LogP contribution in [0.3, 0.4) is 0 Å². The maximum Gasteiger partial charge on any atom is 0.374 e. The number of furan rings is 1. The third kappa shape index (κ3) is 5.01. The minimum atomic E-state index is -0.744. The van der Waals surface area contributed by atoms with Crippen LogP contribution in [-0.2, 0) is 14.3 Å². The molecule has 2 aromatic carbocycles. The molecule has 0 atom stereocenters. The first kappa shape index (κ1) is 20.1. The maximum atomic E-state index is 12.1. The molecule has 0 aliphatic carbocycles. The van der Waals surface area contributed by atoms with Gasteiger partial charge < -0.3 is 19.8 Å². The zero-order valence-electron chi connectivity index (χ0n) is 16.5. The number of carbonyl (C=O) groups is 3. The standard InChI is InChI=1S/C22H22N2O5/c1-13-8-14(2)21(15(3)9-13)24-19(25)11-23-20(26)12-28-22(27)18-10-16-6-4-5-7-17(16)29-18/h4-10H,11-12H2,1-3H3,(H,23,26)(H,24,25). The van der Waals surface area contributed by atoms with Crippen molar-refractivity contribution >= 4 is 34.4 Å². The van der Waals surface area contributed by atoms with Crippen LogP contribution in [0.4, 0.5) is 5.69 Å². The van der Waals surface area contributed by atoms with Crippen molar-refractivity contribution in [2.75, 3.05) is 18.5 Å². The van der Waals surface area contributed by atoms with E-state index >= 15 is 0 Å². The number of hydrogen-bond acceptors (Lipinski definition) is 5. The number of fused-ring (bicyclic) bond motifs is 1. The molecule has 150 valence electrons. The molecular weight excluding hydrogens is 372 g/mol. The van der Waals surface area contributed by atoms with Gasteiger partial charge in [-0.2, -0.15) is 0 Å². The van der Waals surface area contributed by atoms with Crippen molar-refractivity contribution in [3.05, 3.63) is 64.9 Å². The molecular formula is C22H22N2O5. The summed E-state index contributed by atoms with van der Waals surface area (Å²) in [6.45, 7) is 5.06. The van der Waals surface area contributed by atoms with Crippen LogP contribution >= 0.6 is 0 Å². The van der Waals surface area contributed by atoms with E-state index in [1.165, 1.54) is 0 Å². The van der Waals surface area contributed by atoms with Gasteiger partial charge in [-0.05, 0) is 44.0 Å². The van der Waals surface area contributed by atoms with E-state index in [0.29, 0.717) is 5.58 Å². The van der Waals surface area contributed by atoms with Crippen LogP contribution in [0.5, 0.6) is 0 Å². The van der Waals surface area contributed by atoms with Crippen LogP contribution < -0.4 is 10.6 Å². The largest absolute Gasteiger partial charge is 0.450 e. The van der Waals surface area contributed by atoms with E-state index < -0.39 is 18.5 Å². The minimum Gasteiger partial charge on any atom is -0.450 e. The second-order valence-electron chi connectivity index (χ2n) is 6.82. The Morgan fingerprint density at radius 1 is 0.966 bits per heavy atom. The molecule has 0 radical (unpaired) electrons. The smallest absolute Gasteiger partial charge is 0.374 e. The monoisotopic (exact) mass is 394 g/mol. The van der Waals surface area contributed by atoms with Crippen LogP contribution in [0.1, 0.15) is 27.2 Å². The number of hydrogen-bond donors (Lipinski definition) is 2. The fraction of sp³-hybridized carbons (Fsp3) is 0.227. The van der Waals surface area contributed by atoms with E-state index in [4.69, 9.17) is 9.15 Å². The number of aryl methyl sites for hydroxylation is 3. The van der Waals surface area contributed by atoms with Crippen molar-refractivity contribution in [3.63, 3.8) is 0 Å². The number of esters is 1. The topological polar surface area (TPSA) is 97.6 Å². The summed E-state index contributed by atoms with van der Waals surface area (Å²) in [5.74, 6) is -1.67. The number of amides is 2. The lowest BCUT2D eigenvalue weighted by Gasteiger charge is -2.13. The van der Waals surface area contributed by atoms with Gasteiger partial charge in [0, 0.05) is 11.1 Å². The average molecular weight is 394 g/mol. The van der Waals surface area contributed by atoms with Gasteiger partial charge in [0.2, 0.25) is 11.7 Å². The predicted octanol–water partition coefficient (Wildman–Crippen LogP) is 3.27. The summed E-state index contributed by atoms with van der Waals surface area (Å²) in [7, 11) is 0. The highest BCUT2D eigenvalue weighted by Gasteiger charge is 2.16. The highest BCUT2D eigenvalue weighted by molar-refractivity contribution is 5.97. The average Bonchev–Trinajstić information content (AvgIpc) is 3.11. The third-order valence-electron chi connectivity index (χ3n) is 4.35. The fourth-order valence-electron chi connectivity index (χ4n) is 3.08. The van der Waals surface area contributed by atoms with Crippen LogP contribution in [0.25, 0.3) is 11.0 Å². The Morgan fingerprint density at radius 2 is 1.66 bits per heavy atom. The number of benzene rings is 2. The molecule has 3 rings (SSSR count). The van der Waals surface area contributed by atoms with Crippen molar-refractivity contribution in [3.8, 4) is 0 Å². The first-order valence-corrected chi connectivity index (χ1v) is 9.13. The van der Waals surface area contributed by atoms with Gasteiger partial charge in [-0.3, -0.25) is 9.59 Å².